The summed E-state index contributed by atoms with van der Waals surface area (Å²) < 4.78 is 1.62. The number of carbonyl (C=O) groups excluding carboxylic acids is 1. The van der Waals surface area contributed by atoms with Crippen molar-refractivity contribution in [3.05, 3.63) is 27.1 Å². The molecule has 1 rings (SSSR count). The number of hydrogen-bond acceptors (Lipinski definition) is 2. The highest BCUT2D eigenvalue weighted by Crippen LogP contribution is 2.27. The molecule has 0 atom stereocenters. The van der Waals surface area contributed by atoms with Crippen molar-refractivity contribution in [2.75, 3.05) is 5.32 Å². The van der Waals surface area contributed by atoms with Crippen molar-refractivity contribution in [3.63, 3.8) is 0 Å². The monoisotopic (exact) mass is 377 g/mol. The molecule has 98 valence electrons. The summed E-state index contributed by atoms with van der Waals surface area (Å²) in [5.41, 5.74) is -0.462. The van der Waals surface area contributed by atoms with Gasteiger partial charge >= 0.3 is 5.97 Å². The van der Waals surface area contributed by atoms with E-state index in [1.807, 2.05) is 0 Å². The third-order valence-electron chi connectivity index (χ3n) is 2.39. The molecule has 0 bridgehead atoms. The van der Waals surface area contributed by atoms with Crippen molar-refractivity contribution < 1.29 is 14.7 Å². The normalized spacial score (nSPS) is 11.1. The molecular weight excluding hydrogens is 366 g/mol. The van der Waals surface area contributed by atoms with Gasteiger partial charge in [0.25, 0.3) is 0 Å². The molecule has 0 spiro atoms. The van der Waals surface area contributed by atoms with Crippen LogP contribution in [0.15, 0.2) is 27.1 Å². The lowest BCUT2D eigenvalue weighted by Gasteiger charge is -2.18. The van der Waals surface area contributed by atoms with Crippen LogP contribution < -0.4 is 5.32 Å². The summed E-state index contributed by atoms with van der Waals surface area (Å²) in [5, 5.41) is 11.6. The lowest BCUT2D eigenvalue weighted by molar-refractivity contribution is -0.148. The molecule has 0 saturated heterocycles. The molecule has 1 aromatic carbocycles. The third kappa shape index (κ3) is 4.10. The highest BCUT2D eigenvalue weighted by Gasteiger charge is 2.30. The van der Waals surface area contributed by atoms with Crippen molar-refractivity contribution >= 4 is 49.4 Å². The van der Waals surface area contributed by atoms with Gasteiger partial charge in [-0.05, 0) is 48.0 Å². The number of anilines is 1. The van der Waals surface area contributed by atoms with Crippen molar-refractivity contribution in [2.45, 2.75) is 20.3 Å². The van der Waals surface area contributed by atoms with Crippen LogP contribution in [0.1, 0.15) is 20.3 Å². The number of carboxylic acids is 1. The third-order valence-corrected chi connectivity index (χ3v) is 3.54. The smallest absolute Gasteiger partial charge is 0.309 e. The number of benzene rings is 1. The molecule has 18 heavy (non-hydrogen) atoms. The van der Waals surface area contributed by atoms with Crippen LogP contribution in [0, 0.1) is 5.41 Å². The minimum atomic E-state index is -1.08. The van der Waals surface area contributed by atoms with Gasteiger partial charge in [-0.1, -0.05) is 15.9 Å². The topological polar surface area (TPSA) is 66.4 Å². The molecule has 1 amide bonds. The number of amides is 1. The lowest BCUT2D eigenvalue weighted by atomic mass is 9.89. The van der Waals surface area contributed by atoms with Crippen molar-refractivity contribution in [1.29, 1.82) is 0 Å². The summed E-state index contributed by atoms with van der Waals surface area (Å²) in [7, 11) is 0. The molecule has 2 N–H and O–H groups in total. The van der Waals surface area contributed by atoms with Gasteiger partial charge < -0.3 is 10.4 Å². The van der Waals surface area contributed by atoms with Crippen molar-refractivity contribution in [3.8, 4) is 0 Å². The maximum absolute atomic E-state index is 11.8. The first-order valence-electron chi connectivity index (χ1n) is 5.20. The molecule has 0 aromatic heterocycles. The Bertz CT molecular complexity index is 486. The fraction of sp³-hybridized carbons (Fsp3) is 0.333. The van der Waals surface area contributed by atoms with Crippen LogP contribution >= 0.6 is 31.9 Å². The minimum absolute atomic E-state index is 0.0785. The van der Waals surface area contributed by atoms with E-state index >= 15 is 0 Å². The van der Waals surface area contributed by atoms with Crippen LogP contribution in [0.2, 0.25) is 0 Å². The first-order valence-corrected chi connectivity index (χ1v) is 6.79. The van der Waals surface area contributed by atoms with Gasteiger partial charge in [-0.15, -0.1) is 0 Å². The van der Waals surface area contributed by atoms with Crippen LogP contribution in [0.5, 0.6) is 0 Å². The van der Waals surface area contributed by atoms with E-state index in [2.05, 4.69) is 37.2 Å². The number of carboxylic acid groups (broad SMARTS) is 1. The molecule has 0 aliphatic heterocycles. The predicted molar refractivity (Wildman–Crippen MR) is 76.5 cm³/mol. The van der Waals surface area contributed by atoms with E-state index in [0.29, 0.717) is 5.69 Å². The Morgan fingerprint density at radius 1 is 1.33 bits per heavy atom. The van der Waals surface area contributed by atoms with E-state index in [1.54, 1.807) is 18.2 Å². The van der Waals surface area contributed by atoms with E-state index in [0.717, 1.165) is 8.95 Å². The van der Waals surface area contributed by atoms with E-state index in [4.69, 9.17) is 5.11 Å². The number of carbonyl (C=O) groups is 2. The second kappa shape index (κ2) is 5.84. The maximum atomic E-state index is 11.8. The molecule has 4 nitrogen and oxygen atoms in total. The van der Waals surface area contributed by atoms with Crippen molar-refractivity contribution in [2.24, 2.45) is 5.41 Å². The zero-order valence-electron chi connectivity index (χ0n) is 9.96. The molecular formula is C12H13Br2NO3. The van der Waals surface area contributed by atoms with Crippen LogP contribution in [-0.2, 0) is 9.59 Å². The average Bonchev–Trinajstić information content (AvgIpc) is 2.21. The molecule has 0 unspecified atom stereocenters. The Hall–Kier alpha value is -0.880. The summed E-state index contributed by atoms with van der Waals surface area (Å²) in [6, 6.07) is 5.33. The minimum Gasteiger partial charge on any atom is -0.481 e. The quantitative estimate of drug-likeness (QED) is 0.840. The Balaban J connectivity index is 2.74. The van der Waals surface area contributed by atoms with E-state index in [9.17, 15) is 9.59 Å². The average molecular weight is 379 g/mol. The molecule has 6 heteroatoms. The highest BCUT2D eigenvalue weighted by molar-refractivity contribution is 9.11. The fourth-order valence-electron chi connectivity index (χ4n) is 1.26. The molecule has 0 radical (unpaired) electrons. The number of nitrogens with one attached hydrogen (secondary N) is 1. The van der Waals surface area contributed by atoms with Crippen LogP contribution in [0.25, 0.3) is 0 Å². The summed E-state index contributed by atoms with van der Waals surface area (Å²) >= 11 is 6.63. The first kappa shape index (κ1) is 15.2. The second-order valence-electron chi connectivity index (χ2n) is 4.54. The Kier molecular flexibility index (Phi) is 4.92. The van der Waals surface area contributed by atoms with Crippen molar-refractivity contribution in [1.82, 2.24) is 0 Å². The van der Waals surface area contributed by atoms with Gasteiger partial charge in [-0.2, -0.15) is 0 Å². The van der Waals surface area contributed by atoms with E-state index in [-0.39, 0.29) is 12.3 Å². The molecule has 0 aliphatic carbocycles. The van der Waals surface area contributed by atoms with Gasteiger partial charge in [0.05, 0.1) is 11.1 Å². The predicted octanol–water partition coefficient (Wildman–Crippen LogP) is 3.65. The summed E-state index contributed by atoms with van der Waals surface area (Å²) in [6.45, 7) is 3.04. The fourth-order valence-corrected chi connectivity index (χ4v) is 2.41. The highest BCUT2D eigenvalue weighted by atomic mass is 79.9. The molecule has 0 heterocycles. The standard InChI is InChI=1S/C12H13Br2NO3/c1-12(2,11(17)18)6-10(16)15-9-4-3-7(13)5-8(9)14/h3-5H,6H2,1-2H3,(H,15,16)(H,17,18). The second-order valence-corrected chi connectivity index (χ2v) is 6.31. The number of aliphatic carboxylic acids is 1. The Labute approximate surface area is 122 Å². The molecule has 0 fully saturated rings. The number of hydrogen-bond donors (Lipinski definition) is 2. The zero-order chi connectivity index (χ0) is 13.9. The summed E-state index contributed by atoms with van der Waals surface area (Å²) in [6.07, 6.45) is -0.0785. The van der Waals surface area contributed by atoms with E-state index in [1.165, 1.54) is 13.8 Å². The lowest BCUT2D eigenvalue weighted by Crippen LogP contribution is -2.29. The van der Waals surface area contributed by atoms with Crippen LogP contribution in [0.4, 0.5) is 5.69 Å². The van der Waals surface area contributed by atoms with Gasteiger partial charge in [0.15, 0.2) is 0 Å². The van der Waals surface area contributed by atoms with Gasteiger partial charge in [-0.25, -0.2) is 0 Å². The Morgan fingerprint density at radius 3 is 2.44 bits per heavy atom. The molecule has 0 aliphatic rings. The molecule has 0 saturated carbocycles. The maximum Gasteiger partial charge on any atom is 0.309 e. The van der Waals surface area contributed by atoms with Crippen LogP contribution in [0.3, 0.4) is 0 Å². The largest absolute Gasteiger partial charge is 0.481 e. The summed E-state index contributed by atoms with van der Waals surface area (Å²) in [4.78, 5) is 22.7. The van der Waals surface area contributed by atoms with Gasteiger partial charge in [0.1, 0.15) is 0 Å². The first-order chi connectivity index (χ1) is 8.22. The number of rotatable bonds is 4. The van der Waals surface area contributed by atoms with Gasteiger partial charge in [-0.3, -0.25) is 9.59 Å². The summed E-state index contributed by atoms with van der Waals surface area (Å²) in [5.74, 6) is -1.32. The van der Waals surface area contributed by atoms with E-state index < -0.39 is 11.4 Å². The van der Waals surface area contributed by atoms with Crippen LogP contribution in [-0.4, -0.2) is 17.0 Å². The Morgan fingerprint density at radius 2 is 1.94 bits per heavy atom. The SMILES string of the molecule is CC(C)(CC(=O)Nc1ccc(Br)cc1Br)C(=O)O. The van der Waals surface area contributed by atoms with Gasteiger partial charge in [0, 0.05) is 15.4 Å². The zero-order valence-corrected chi connectivity index (χ0v) is 13.1. The van der Waals surface area contributed by atoms with Gasteiger partial charge in [0.2, 0.25) is 5.91 Å². The number of halogens is 2. The molecule has 1 aromatic rings.